The number of carbonyl (C=O) groups is 1. The maximum atomic E-state index is 11.9. The van der Waals surface area contributed by atoms with Gasteiger partial charge in [0.15, 0.2) is 0 Å². The molecule has 112 valence electrons. The second-order valence-corrected chi connectivity index (χ2v) is 6.86. The smallest absolute Gasteiger partial charge is 0.335 e. The minimum Gasteiger partial charge on any atom is -0.478 e. The van der Waals surface area contributed by atoms with Gasteiger partial charge in [-0.2, -0.15) is 0 Å². The van der Waals surface area contributed by atoms with Crippen molar-refractivity contribution < 1.29 is 23.1 Å². The molecular formula is C13H19NO5S. The summed E-state index contributed by atoms with van der Waals surface area (Å²) in [5.74, 6) is -1.36. The number of ether oxygens (including phenoxy) is 1. The van der Waals surface area contributed by atoms with Crippen molar-refractivity contribution in [3.63, 3.8) is 0 Å². The Morgan fingerprint density at radius 1 is 1.40 bits per heavy atom. The monoisotopic (exact) mass is 301 g/mol. The second-order valence-electron chi connectivity index (χ2n) is 5.05. The van der Waals surface area contributed by atoms with Crippen LogP contribution in [0.2, 0.25) is 0 Å². The topological polar surface area (TPSA) is 92.7 Å². The minimum absolute atomic E-state index is 0.0647. The van der Waals surface area contributed by atoms with Crippen LogP contribution in [0.3, 0.4) is 0 Å². The second kappa shape index (κ2) is 6.34. The van der Waals surface area contributed by atoms with Gasteiger partial charge in [-0.05, 0) is 31.5 Å². The number of carboxylic acid groups (broad SMARTS) is 1. The first-order valence-electron chi connectivity index (χ1n) is 6.00. The molecule has 0 fully saturated rings. The van der Waals surface area contributed by atoms with Crippen molar-refractivity contribution in [2.24, 2.45) is 0 Å². The van der Waals surface area contributed by atoms with E-state index < -0.39 is 21.6 Å². The third-order valence-corrected chi connectivity index (χ3v) is 4.10. The summed E-state index contributed by atoms with van der Waals surface area (Å²) in [6.07, 6.45) is 0. The summed E-state index contributed by atoms with van der Waals surface area (Å²) >= 11 is 0. The molecule has 0 spiro atoms. The van der Waals surface area contributed by atoms with Crippen LogP contribution in [0.4, 0.5) is 0 Å². The Labute approximate surface area is 118 Å². The molecule has 20 heavy (non-hydrogen) atoms. The van der Waals surface area contributed by atoms with E-state index in [1.54, 1.807) is 19.9 Å². The van der Waals surface area contributed by atoms with E-state index in [1.807, 2.05) is 0 Å². The maximum Gasteiger partial charge on any atom is 0.335 e. The molecule has 2 N–H and O–H groups in total. The molecule has 0 aliphatic carbocycles. The van der Waals surface area contributed by atoms with Gasteiger partial charge in [-0.3, -0.25) is 0 Å². The number of methoxy groups -OCH3 is 1. The minimum atomic E-state index is -3.54. The number of nitrogens with one attached hydrogen (secondary N) is 1. The molecular weight excluding hydrogens is 282 g/mol. The standard InChI is InChI=1S/C13H19NO5S/c1-13(2,19-3)9-14-20(17,18)8-10-5-4-6-11(7-10)12(15)16/h4-7,14H,8-9H2,1-3H3,(H,15,16). The van der Waals surface area contributed by atoms with E-state index in [0.717, 1.165) is 0 Å². The van der Waals surface area contributed by atoms with Crippen LogP contribution in [0, 0.1) is 0 Å². The summed E-state index contributed by atoms with van der Waals surface area (Å²) in [4.78, 5) is 10.8. The molecule has 1 aromatic rings. The van der Waals surface area contributed by atoms with Gasteiger partial charge in [0.1, 0.15) is 0 Å². The van der Waals surface area contributed by atoms with Gasteiger partial charge in [-0.25, -0.2) is 17.9 Å². The first-order valence-corrected chi connectivity index (χ1v) is 7.65. The predicted octanol–water partition coefficient (Wildman–Crippen LogP) is 1.23. The van der Waals surface area contributed by atoms with Gasteiger partial charge >= 0.3 is 5.97 Å². The lowest BCUT2D eigenvalue weighted by Crippen LogP contribution is -2.40. The summed E-state index contributed by atoms with van der Waals surface area (Å²) in [5.41, 5.74) is -0.113. The van der Waals surface area contributed by atoms with Crippen molar-refractivity contribution in [2.45, 2.75) is 25.2 Å². The van der Waals surface area contributed by atoms with Crippen molar-refractivity contribution in [1.29, 1.82) is 0 Å². The first-order chi connectivity index (χ1) is 9.15. The zero-order valence-electron chi connectivity index (χ0n) is 11.7. The van der Waals surface area contributed by atoms with Crippen LogP contribution in [0.25, 0.3) is 0 Å². The fraction of sp³-hybridized carbons (Fsp3) is 0.462. The third-order valence-electron chi connectivity index (χ3n) is 2.80. The Bertz CT molecular complexity index is 580. The average Bonchev–Trinajstić information content (AvgIpc) is 2.36. The van der Waals surface area contributed by atoms with E-state index in [0.29, 0.717) is 5.56 Å². The number of benzene rings is 1. The molecule has 0 saturated carbocycles. The molecule has 0 atom stereocenters. The Balaban J connectivity index is 2.76. The van der Waals surface area contributed by atoms with E-state index in [9.17, 15) is 13.2 Å². The molecule has 7 heteroatoms. The SMILES string of the molecule is COC(C)(C)CNS(=O)(=O)Cc1cccc(C(=O)O)c1. The molecule has 0 radical (unpaired) electrons. The van der Waals surface area contributed by atoms with Crippen molar-refractivity contribution in [3.05, 3.63) is 35.4 Å². The van der Waals surface area contributed by atoms with Crippen LogP contribution in [0.15, 0.2) is 24.3 Å². The number of hydrogen-bond acceptors (Lipinski definition) is 4. The van der Waals surface area contributed by atoms with Crippen LogP contribution in [0.5, 0.6) is 0 Å². The van der Waals surface area contributed by atoms with Gasteiger partial charge in [0.2, 0.25) is 10.0 Å². The third kappa shape index (κ3) is 5.28. The van der Waals surface area contributed by atoms with Crippen molar-refractivity contribution in [3.8, 4) is 0 Å². The number of sulfonamides is 1. The quantitative estimate of drug-likeness (QED) is 0.790. The number of carboxylic acids is 1. The molecule has 1 rings (SSSR count). The van der Waals surface area contributed by atoms with Crippen molar-refractivity contribution >= 4 is 16.0 Å². The number of hydrogen-bond donors (Lipinski definition) is 2. The predicted molar refractivity (Wildman–Crippen MR) is 75.1 cm³/mol. The van der Waals surface area contributed by atoms with Crippen molar-refractivity contribution in [1.82, 2.24) is 4.72 Å². The molecule has 0 unspecified atom stereocenters. The fourth-order valence-electron chi connectivity index (χ4n) is 1.42. The molecule has 0 bridgehead atoms. The van der Waals surface area contributed by atoms with E-state index in [2.05, 4.69) is 4.72 Å². The van der Waals surface area contributed by atoms with E-state index >= 15 is 0 Å². The lowest BCUT2D eigenvalue weighted by molar-refractivity contribution is 0.0276. The Kier molecular flexibility index (Phi) is 5.27. The highest BCUT2D eigenvalue weighted by molar-refractivity contribution is 7.88. The van der Waals surface area contributed by atoms with Gasteiger partial charge in [-0.1, -0.05) is 12.1 Å². The fourth-order valence-corrected chi connectivity index (χ4v) is 2.71. The maximum absolute atomic E-state index is 11.9. The van der Waals surface area contributed by atoms with Crippen LogP contribution < -0.4 is 4.72 Å². The molecule has 0 aliphatic heterocycles. The molecule has 0 amide bonds. The lowest BCUT2D eigenvalue weighted by Gasteiger charge is -2.23. The molecule has 6 nitrogen and oxygen atoms in total. The normalized spacial score (nSPS) is 12.3. The van der Waals surface area contributed by atoms with Crippen LogP contribution in [-0.4, -0.2) is 38.7 Å². The van der Waals surface area contributed by atoms with E-state index in [-0.39, 0.29) is 17.9 Å². The highest BCUT2D eigenvalue weighted by Crippen LogP contribution is 2.10. The Hall–Kier alpha value is -1.44. The van der Waals surface area contributed by atoms with Gasteiger partial charge < -0.3 is 9.84 Å². The molecule has 0 saturated heterocycles. The van der Waals surface area contributed by atoms with Crippen LogP contribution in [0.1, 0.15) is 29.8 Å². The van der Waals surface area contributed by atoms with Crippen LogP contribution in [-0.2, 0) is 20.5 Å². The van der Waals surface area contributed by atoms with E-state index in [1.165, 1.54) is 25.3 Å². The van der Waals surface area contributed by atoms with Gasteiger partial charge in [-0.15, -0.1) is 0 Å². The lowest BCUT2D eigenvalue weighted by atomic mass is 10.1. The zero-order valence-corrected chi connectivity index (χ0v) is 12.5. The largest absolute Gasteiger partial charge is 0.478 e. The van der Waals surface area contributed by atoms with Crippen LogP contribution >= 0.6 is 0 Å². The van der Waals surface area contributed by atoms with Gasteiger partial charge in [0.25, 0.3) is 0 Å². The van der Waals surface area contributed by atoms with Gasteiger partial charge in [0.05, 0.1) is 16.9 Å². The molecule has 0 aliphatic rings. The first kappa shape index (κ1) is 16.6. The highest BCUT2D eigenvalue weighted by atomic mass is 32.2. The molecule has 1 aromatic carbocycles. The number of rotatable bonds is 7. The summed E-state index contributed by atoms with van der Waals surface area (Å²) in [6.45, 7) is 3.67. The Morgan fingerprint density at radius 3 is 2.60 bits per heavy atom. The Morgan fingerprint density at radius 2 is 2.05 bits per heavy atom. The number of aromatic carboxylic acids is 1. The van der Waals surface area contributed by atoms with E-state index in [4.69, 9.17) is 9.84 Å². The average molecular weight is 301 g/mol. The highest BCUT2D eigenvalue weighted by Gasteiger charge is 2.20. The van der Waals surface area contributed by atoms with Gasteiger partial charge in [0, 0.05) is 13.7 Å². The summed E-state index contributed by atoms with van der Waals surface area (Å²) in [7, 11) is -2.04. The summed E-state index contributed by atoms with van der Waals surface area (Å²) < 4.78 is 31.4. The molecule has 0 aromatic heterocycles. The summed E-state index contributed by atoms with van der Waals surface area (Å²) in [5, 5.41) is 8.87. The molecule has 0 heterocycles. The van der Waals surface area contributed by atoms with Crippen molar-refractivity contribution in [2.75, 3.05) is 13.7 Å². The summed E-state index contributed by atoms with van der Waals surface area (Å²) in [6, 6.07) is 5.86. The zero-order chi connectivity index (χ0) is 15.4.